The highest BCUT2D eigenvalue weighted by Crippen LogP contribution is 2.21. The Labute approximate surface area is 156 Å². The lowest BCUT2D eigenvalue weighted by Crippen LogP contribution is -2.45. The Balaban J connectivity index is 1.70. The number of nitrogens with zero attached hydrogens (tertiary/aromatic N) is 4. The average Bonchev–Trinajstić information content (AvgIpc) is 2.90. The van der Waals surface area contributed by atoms with Crippen LogP contribution in [0, 0.1) is 5.92 Å². The Hall–Kier alpha value is -1.92. The first-order valence-corrected chi connectivity index (χ1v) is 9.66. The molecule has 2 aromatic rings. The molecule has 0 spiro atoms. The predicted octanol–water partition coefficient (Wildman–Crippen LogP) is 2.70. The zero-order chi connectivity index (χ0) is 18.7. The topological polar surface area (TPSA) is 53.4 Å². The largest absolute Gasteiger partial charge is 0.330 e. The molecule has 1 fully saturated rings. The summed E-state index contributed by atoms with van der Waals surface area (Å²) < 4.78 is 2.17. The standard InChI is InChI=1S/C20H31N5O/c1-5-24-8-10-25(11-9-24)14-19-22-17-13-16(6-7-18(17)23(19)4)21-20(26)12-15(2)3/h6-7,13,15H,5,8-12,14H2,1-4H3,(H,21,26). The average molecular weight is 358 g/mol. The van der Waals surface area contributed by atoms with Gasteiger partial charge in [0.05, 0.1) is 17.6 Å². The SMILES string of the molecule is CCN1CCN(Cc2nc3cc(NC(=O)CC(C)C)ccc3n2C)CC1. The highest BCUT2D eigenvalue weighted by Gasteiger charge is 2.18. The molecule has 0 saturated carbocycles. The number of imidazole rings is 1. The van der Waals surface area contributed by atoms with E-state index in [1.807, 2.05) is 32.0 Å². The number of benzene rings is 1. The number of hydrogen-bond acceptors (Lipinski definition) is 4. The number of anilines is 1. The van der Waals surface area contributed by atoms with E-state index in [1.54, 1.807) is 0 Å². The molecule has 1 amide bonds. The van der Waals surface area contributed by atoms with Gasteiger partial charge in [-0.05, 0) is 30.7 Å². The number of carbonyl (C=O) groups is 1. The molecule has 6 nitrogen and oxygen atoms in total. The monoisotopic (exact) mass is 357 g/mol. The van der Waals surface area contributed by atoms with Crippen LogP contribution in [0.5, 0.6) is 0 Å². The summed E-state index contributed by atoms with van der Waals surface area (Å²) in [5.41, 5.74) is 2.87. The fraction of sp³-hybridized carbons (Fsp3) is 0.600. The third-order valence-corrected chi connectivity index (χ3v) is 5.13. The summed E-state index contributed by atoms with van der Waals surface area (Å²) >= 11 is 0. The van der Waals surface area contributed by atoms with Crippen LogP contribution in [0.4, 0.5) is 5.69 Å². The quantitative estimate of drug-likeness (QED) is 0.864. The zero-order valence-electron chi connectivity index (χ0n) is 16.5. The van der Waals surface area contributed by atoms with Gasteiger partial charge >= 0.3 is 0 Å². The van der Waals surface area contributed by atoms with E-state index in [0.29, 0.717) is 12.3 Å². The van der Waals surface area contributed by atoms with Gasteiger partial charge in [0, 0.05) is 45.3 Å². The van der Waals surface area contributed by atoms with Crippen molar-refractivity contribution in [1.29, 1.82) is 0 Å². The summed E-state index contributed by atoms with van der Waals surface area (Å²) in [6.07, 6.45) is 0.537. The normalized spacial score (nSPS) is 16.5. The van der Waals surface area contributed by atoms with Gasteiger partial charge in [-0.3, -0.25) is 9.69 Å². The lowest BCUT2D eigenvalue weighted by Gasteiger charge is -2.33. The third-order valence-electron chi connectivity index (χ3n) is 5.13. The Morgan fingerprint density at radius 2 is 1.88 bits per heavy atom. The molecule has 6 heteroatoms. The van der Waals surface area contributed by atoms with Crippen LogP contribution < -0.4 is 5.32 Å². The molecule has 1 saturated heterocycles. The number of amides is 1. The van der Waals surface area contributed by atoms with Crippen LogP contribution in [0.3, 0.4) is 0 Å². The smallest absolute Gasteiger partial charge is 0.224 e. The van der Waals surface area contributed by atoms with E-state index in [0.717, 1.165) is 61.8 Å². The molecule has 3 rings (SSSR count). The molecule has 1 aromatic heterocycles. The number of nitrogens with one attached hydrogen (secondary N) is 1. The van der Waals surface area contributed by atoms with E-state index >= 15 is 0 Å². The Morgan fingerprint density at radius 3 is 2.54 bits per heavy atom. The third kappa shape index (κ3) is 4.43. The molecular formula is C20H31N5O. The number of piperazine rings is 1. The number of aromatic nitrogens is 2. The lowest BCUT2D eigenvalue weighted by atomic mass is 10.1. The van der Waals surface area contributed by atoms with Gasteiger partial charge in [-0.1, -0.05) is 20.8 Å². The van der Waals surface area contributed by atoms with Crippen LogP contribution in [0.15, 0.2) is 18.2 Å². The highest BCUT2D eigenvalue weighted by molar-refractivity contribution is 5.93. The molecule has 0 unspecified atom stereocenters. The van der Waals surface area contributed by atoms with Crippen molar-refractivity contribution in [3.63, 3.8) is 0 Å². The fourth-order valence-corrected chi connectivity index (χ4v) is 3.52. The van der Waals surface area contributed by atoms with Crippen LogP contribution in [-0.4, -0.2) is 58.0 Å². The van der Waals surface area contributed by atoms with E-state index in [-0.39, 0.29) is 5.91 Å². The van der Waals surface area contributed by atoms with E-state index < -0.39 is 0 Å². The van der Waals surface area contributed by atoms with E-state index in [1.165, 1.54) is 0 Å². The van der Waals surface area contributed by atoms with E-state index in [2.05, 4.69) is 33.7 Å². The summed E-state index contributed by atoms with van der Waals surface area (Å²) in [6.45, 7) is 12.8. The molecule has 0 atom stereocenters. The van der Waals surface area contributed by atoms with Gasteiger partial charge in [0.25, 0.3) is 0 Å². The second kappa shape index (κ2) is 8.18. The van der Waals surface area contributed by atoms with Crippen molar-refractivity contribution in [1.82, 2.24) is 19.4 Å². The van der Waals surface area contributed by atoms with Gasteiger partial charge in [-0.25, -0.2) is 4.98 Å². The first-order valence-electron chi connectivity index (χ1n) is 9.66. The molecule has 0 bridgehead atoms. The van der Waals surface area contributed by atoms with Gasteiger partial charge in [-0.2, -0.15) is 0 Å². The van der Waals surface area contributed by atoms with Crippen molar-refractivity contribution in [2.45, 2.75) is 33.7 Å². The van der Waals surface area contributed by atoms with Crippen LogP contribution in [0.1, 0.15) is 33.0 Å². The summed E-state index contributed by atoms with van der Waals surface area (Å²) in [5, 5.41) is 2.98. The first-order chi connectivity index (χ1) is 12.5. The van der Waals surface area contributed by atoms with Gasteiger partial charge in [0.15, 0.2) is 0 Å². The Bertz CT molecular complexity index is 759. The van der Waals surface area contributed by atoms with Crippen molar-refractivity contribution >= 4 is 22.6 Å². The second-order valence-corrected chi connectivity index (χ2v) is 7.65. The maximum absolute atomic E-state index is 12.0. The second-order valence-electron chi connectivity index (χ2n) is 7.65. The van der Waals surface area contributed by atoms with Crippen molar-refractivity contribution in [2.24, 2.45) is 13.0 Å². The Morgan fingerprint density at radius 1 is 1.19 bits per heavy atom. The van der Waals surface area contributed by atoms with Crippen molar-refractivity contribution < 1.29 is 4.79 Å². The van der Waals surface area contributed by atoms with Gasteiger partial charge in [-0.15, -0.1) is 0 Å². The number of likely N-dealkylation sites (N-methyl/N-ethyl adjacent to an activating group) is 1. The van der Waals surface area contributed by atoms with Gasteiger partial charge in [0.1, 0.15) is 5.82 Å². The summed E-state index contributed by atoms with van der Waals surface area (Å²) in [6, 6.07) is 5.99. The van der Waals surface area contributed by atoms with Gasteiger partial charge < -0.3 is 14.8 Å². The Kier molecular flexibility index (Phi) is 5.94. The van der Waals surface area contributed by atoms with Crippen LogP contribution in [0.2, 0.25) is 0 Å². The molecule has 0 radical (unpaired) electrons. The minimum absolute atomic E-state index is 0.0595. The number of carbonyl (C=O) groups excluding carboxylic acids is 1. The molecule has 1 N–H and O–H groups in total. The molecule has 1 aliphatic rings. The number of hydrogen-bond donors (Lipinski definition) is 1. The van der Waals surface area contributed by atoms with Gasteiger partial charge in [0.2, 0.25) is 5.91 Å². The van der Waals surface area contributed by atoms with E-state index in [9.17, 15) is 4.79 Å². The number of rotatable bonds is 6. The van der Waals surface area contributed by atoms with Crippen LogP contribution in [0.25, 0.3) is 11.0 Å². The van der Waals surface area contributed by atoms with Crippen molar-refractivity contribution in [2.75, 3.05) is 38.0 Å². The van der Waals surface area contributed by atoms with Crippen LogP contribution in [-0.2, 0) is 18.4 Å². The van der Waals surface area contributed by atoms with Crippen molar-refractivity contribution in [3.8, 4) is 0 Å². The molecular weight excluding hydrogens is 326 g/mol. The summed E-state index contributed by atoms with van der Waals surface area (Å²) in [5.74, 6) is 1.49. The highest BCUT2D eigenvalue weighted by atomic mass is 16.1. The maximum atomic E-state index is 12.0. The molecule has 1 aliphatic heterocycles. The minimum atomic E-state index is 0.0595. The van der Waals surface area contributed by atoms with E-state index in [4.69, 9.17) is 4.98 Å². The zero-order valence-corrected chi connectivity index (χ0v) is 16.5. The fourth-order valence-electron chi connectivity index (χ4n) is 3.52. The number of fused-ring (bicyclic) bond motifs is 1. The molecule has 26 heavy (non-hydrogen) atoms. The summed E-state index contributed by atoms with van der Waals surface area (Å²) in [7, 11) is 2.07. The predicted molar refractivity (Wildman–Crippen MR) is 106 cm³/mol. The summed E-state index contributed by atoms with van der Waals surface area (Å²) in [4.78, 5) is 21.8. The van der Waals surface area contributed by atoms with Crippen LogP contribution >= 0.6 is 0 Å². The molecule has 1 aromatic carbocycles. The number of aryl methyl sites for hydroxylation is 1. The molecule has 2 heterocycles. The maximum Gasteiger partial charge on any atom is 0.224 e. The van der Waals surface area contributed by atoms with Crippen molar-refractivity contribution in [3.05, 3.63) is 24.0 Å². The lowest BCUT2D eigenvalue weighted by molar-refractivity contribution is -0.116. The first kappa shape index (κ1) is 18.9. The minimum Gasteiger partial charge on any atom is -0.330 e. The molecule has 0 aliphatic carbocycles. The molecule has 142 valence electrons.